The van der Waals surface area contributed by atoms with Crippen LogP contribution in [-0.4, -0.2) is 21.5 Å². The van der Waals surface area contributed by atoms with Crippen LogP contribution in [0.1, 0.15) is 5.56 Å². The quantitative estimate of drug-likeness (QED) is 0.787. The van der Waals surface area contributed by atoms with Crippen molar-refractivity contribution in [2.24, 2.45) is 0 Å². The van der Waals surface area contributed by atoms with Gasteiger partial charge in [-0.3, -0.25) is 4.40 Å². The predicted molar refractivity (Wildman–Crippen MR) is 79.1 cm³/mol. The summed E-state index contributed by atoms with van der Waals surface area (Å²) in [7, 11) is 1.60. The van der Waals surface area contributed by atoms with Gasteiger partial charge < -0.3 is 10.5 Å². The summed E-state index contributed by atoms with van der Waals surface area (Å²) in [6, 6.07) is 5.47. The third kappa shape index (κ3) is 2.06. The summed E-state index contributed by atoms with van der Waals surface area (Å²) in [4.78, 5) is 8.65. The molecule has 0 saturated heterocycles. The Kier molecular flexibility index (Phi) is 2.99. The summed E-state index contributed by atoms with van der Waals surface area (Å²) in [5.41, 5.74) is 8.43. The van der Waals surface area contributed by atoms with E-state index >= 15 is 0 Å². The lowest BCUT2D eigenvalue weighted by atomic mass is 10.1. The van der Waals surface area contributed by atoms with Crippen molar-refractivity contribution >= 4 is 23.2 Å². The van der Waals surface area contributed by atoms with E-state index < -0.39 is 0 Å². The fourth-order valence-electron chi connectivity index (χ4n) is 2.10. The lowest BCUT2D eigenvalue weighted by Gasteiger charge is -2.08. The van der Waals surface area contributed by atoms with Crippen LogP contribution in [0.5, 0.6) is 5.75 Å². The molecule has 0 aliphatic heterocycles. The van der Waals surface area contributed by atoms with Gasteiger partial charge in [-0.05, 0) is 30.7 Å². The van der Waals surface area contributed by atoms with Gasteiger partial charge in [-0.1, -0.05) is 11.6 Å². The Morgan fingerprint density at radius 2 is 2.10 bits per heavy atom. The van der Waals surface area contributed by atoms with Crippen LogP contribution in [0.15, 0.2) is 30.6 Å². The summed E-state index contributed by atoms with van der Waals surface area (Å²) in [5, 5.41) is 0.553. The molecule has 0 amide bonds. The second kappa shape index (κ2) is 4.68. The van der Waals surface area contributed by atoms with Crippen molar-refractivity contribution < 1.29 is 4.74 Å². The summed E-state index contributed by atoms with van der Waals surface area (Å²) < 4.78 is 7.03. The maximum atomic E-state index is 6.18. The van der Waals surface area contributed by atoms with E-state index in [1.807, 2.05) is 35.9 Å². The fourth-order valence-corrected chi connectivity index (χ4v) is 2.34. The van der Waals surface area contributed by atoms with Gasteiger partial charge >= 0.3 is 0 Å². The minimum absolute atomic E-state index is 0.444. The first-order valence-corrected chi connectivity index (χ1v) is 6.42. The maximum Gasteiger partial charge on any atom is 0.236 e. The molecular formula is C14H13ClN4O. The Balaban J connectivity index is 2.17. The molecule has 0 bridgehead atoms. The summed E-state index contributed by atoms with van der Waals surface area (Å²) in [6.45, 7) is 1.99. The van der Waals surface area contributed by atoms with E-state index in [-0.39, 0.29) is 0 Å². The highest BCUT2D eigenvalue weighted by Gasteiger charge is 2.12. The molecular weight excluding hydrogens is 276 g/mol. The molecule has 6 heteroatoms. The predicted octanol–water partition coefficient (Wildman–Crippen LogP) is 2.95. The van der Waals surface area contributed by atoms with Crippen LogP contribution >= 0.6 is 11.6 Å². The van der Waals surface area contributed by atoms with Crippen LogP contribution in [0.3, 0.4) is 0 Å². The number of ether oxygens (including phenoxy) is 1. The number of hydrogen-bond donors (Lipinski definition) is 1. The molecule has 20 heavy (non-hydrogen) atoms. The number of fused-ring (bicyclic) bond motifs is 1. The smallest absolute Gasteiger partial charge is 0.236 e. The number of methoxy groups -OCH3 is 1. The number of rotatable bonds is 2. The highest BCUT2D eigenvalue weighted by molar-refractivity contribution is 6.32. The second-order valence-electron chi connectivity index (χ2n) is 4.49. The number of halogens is 1. The third-order valence-corrected chi connectivity index (χ3v) is 3.42. The van der Waals surface area contributed by atoms with Crippen molar-refractivity contribution in [3.63, 3.8) is 0 Å². The lowest BCUT2D eigenvalue weighted by molar-refractivity contribution is 0.415. The molecule has 1 aromatic carbocycles. The molecule has 0 aliphatic rings. The number of aryl methyl sites for hydroxylation is 1. The van der Waals surface area contributed by atoms with E-state index in [2.05, 4.69) is 9.97 Å². The molecule has 3 rings (SSSR count). The van der Waals surface area contributed by atoms with Crippen LogP contribution < -0.4 is 10.5 Å². The Labute approximate surface area is 121 Å². The van der Waals surface area contributed by atoms with Crippen LogP contribution in [-0.2, 0) is 0 Å². The first-order chi connectivity index (χ1) is 9.58. The Morgan fingerprint density at radius 3 is 2.85 bits per heavy atom. The topological polar surface area (TPSA) is 65.4 Å². The molecule has 2 N–H and O–H groups in total. The van der Waals surface area contributed by atoms with Crippen LogP contribution in [0.2, 0.25) is 5.02 Å². The summed E-state index contributed by atoms with van der Waals surface area (Å²) in [5.74, 6) is 1.66. The van der Waals surface area contributed by atoms with Crippen molar-refractivity contribution in [2.75, 3.05) is 12.8 Å². The zero-order valence-corrected chi connectivity index (χ0v) is 11.8. The molecule has 102 valence electrons. The van der Waals surface area contributed by atoms with Gasteiger partial charge in [0.25, 0.3) is 0 Å². The fraction of sp³-hybridized carbons (Fsp3) is 0.143. The van der Waals surface area contributed by atoms with Crippen LogP contribution in [0.4, 0.5) is 5.82 Å². The molecule has 0 unspecified atom stereocenters. The summed E-state index contributed by atoms with van der Waals surface area (Å²) >= 11 is 6.18. The average molecular weight is 289 g/mol. The zero-order chi connectivity index (χ0) is 14.3. The molecule has 0 radical (unpaired) electrons. The molecule has 0 spiro atoms. The van der Waals surface area contributed by atoms with Gasteiger partial charge in [0.15, 0.2) is 0 Å². The van der Waals surface area contributed by atoms with E-state index in [0.29, 0.717) is 22.4 Å². The molecule has 3 aromatic rings. The third-order valence-electron chi connectivity index (χ3n) is 3.12. The highest BCUT2D eigenvalue weighted by atomic mass is 35.5. The number of hydrogen-bond acceptors (Lipinski definition) is 4. The van der Waals surface area contributed by atoms with Crippen molar-refractivity contribution in [1.82, 2.24) is 14.4 Å². The molecule has 0 fully saturated rings. The molecule has 0 aliphatic carbocycles. The number of anilines is 1. The van der Waals surface area contributed by atoms with Crippen molar-refractivity contribution in [3.8, 4) is 17.0 Å². The monoisotopic (exact) mass is 288 g/mol. The summed E-state index contributed by atoms with van der Waals surface area (Å²) in [6.07, 6.45) is 3.72. The number of nitrogens with zero attached hydrogens (tertiary/aromatic N) is 3. The molecule has 5 nitrogen and oxygen atoms in total. The van der Waals surface area contributed by atoms with Gasteiger partial charge in [0.05, 0.1) is 17.8 Å². The molecule has 2 heterocycles. The SMILES string of the molecule is COc1cc(C)c(-c2cn3ccc(N)nc3n2)cc1Cl. The number of benzene rings is 1. The minimum atomic E-state index is 0.444. The van der Waals surface area contributed by atoms with Gasteiger partial charge in [-0.15, -0.1) is 0 Å². The Hall–Kier alpha value is -2.27. The first-order valence-electron chi connectivity index (χ1n) is 6.04. The zero-order valence-electron chi connectivity index (χ0n) is 11.1. The van der Waals surface area contributed by atoms with E-state index in [0.717, 1.165) is 16.8 Å². The maximum absolute atomic E-state index is 6.18. The molecule has 0 saturated carbocycles. The van der Waals surface area contributed by atoms with Gasteiger partial charge in [-0.25, -0.2) is 4.98 Å². The van der Waals surface area contributed by atoms with Gasteiger partial charge in [-0.2, -0.15) is 4.98 Å². The van der Waals surface area contributed by atoms with Gasteiger partial charge in [0, 0.05) is 18.0 Å². The van der Waals surface area contributed by atoms with E-state index in [1.54, 1.807) is 13.2 Å². The minimum Gasteiger partial charge on any atom is -0.495 e. The van der Waals surface area contributed by atoms with Crippen molar-refractivity contribution in [1.29, 1.82) is 0 Å². The second-order valence-corrected chi connectivity index (χ2v) is 4.89. The Morgan fingerprint density at radius 1 is 1.30 bits per heavy atom. The average Bonchev–Trinajstić information content (AvgIpc) is 2.83. The largest absolute Gasteiger partial charge is 0.495 e. The normalized spacial score (nSPS) is 10.9. The Bertz CT molecular complexity index is 797. The van der Waals surface area contributed by atoms with Gasteiger partial charge in [0.2, 0.25) is 5.78 Å². The first kappa shape index (κ1) is 12.7. The van der Waals surface area contributed by atoms with Gasteiger partial charge in [0.1, 0.15) is 11.6 Å². The molecule has 0 atom stereocenters. The van der Waals surface area contributed by atoms with Crippen LogP contribution in [0.25, 0.3) is 17.0 Å². The molecule has 2 aromatic heterocycles. The van der Waals surface area contributed by atoms with Crippen molar-refractivity contribution in [3.05, 3.63) is 41.2 Å². The number of aromatic nitrogens is 3. The number of nitrogen functional groups attached to an aromatic ring is 1. The standard InChI is InChI=1S/C14H13ClN4O/c1-8-5-12(20-2)10(15)6-9(8)11-7-19-4-3-13(16)18-14(19)17-11/h3-7H,1-2H3,(H2,16,17,18). The lowest BCUT2D eigenvalue weighted by Crippen LogP contribution is -1.93. The van der Waals surface area contributed by atoms with Crippen molar-refractivity contribution in [2.45, 2.75) is 6.92 Å². The van der Waals surface area contributed by atoms with E-state index in [1.165, 1.54) is 0 Å². The highest BCUT2D eigenvalue weighted by Crippen LogP contribution is 2.33. The number of nitrogens with two attached hydrogens (primary N) is 1. The number of imidazole rings is 1. The van der Waals surface area contributed by atoms with Crippen LogP contribution in [0, 0.1) is 6.92 Å². The van der Waals surface area contributed by atoms with E-state index in [9.17, 15) is 0 Å². The van der Waals surface area contributed by atoms with E-state index in [4.69, 9.17) is 22.1 Å².